The highest BCUT2D eigenvalue weighted by atomic mass is 32.2. The van der Waals surface area contributed by atoms with E-state index in [1.54, 1.807) is 19.1 Å². The fraction of sp³-hybridized carbons (Fsp3) is 0.462. The van der Waals surface area contributed by atoms with Crippen LogP contribution in [0.1, 0.15) is 25.0 Å². The van der Waals surface area contributed by atoms with Crippen molar-refractivity contribution in [2.45, 2.75) is 24.3 Å². The van der Waals surface area contributed by atoms with Gasteiger partial charge in [0.15, 0.2) is 0 Å². The van der Waals surface area contributed by atoms with E-state index in [0.717, 1.165) is 0 Å². The van der Waals surface area contributed by atoms with Crippen molar-refractivity contribution in [2.75, 3.05) is 13.1 Å². The molecule has 1 aromatic carbocycles. The molecule has 0 saturated carbocycles. The second-order valence-electron chi connectivity index (χ2n) is 5.00. The summed E-state index contributed by atoms with van der Waals surface area (Å²) in [6.45, 7) is 1.98. The van der Waals surface area contributed by atoms with Crippen LogP contribution in [0.4, 0.5) is 0 Å². The first-order chi connectivity index (χ1) is 9.32. The molecule has 2 rings (SSSR count). The number of hydrogen-bond acceptors (Lipinski definition) is 4. The Morgan fingerprint density at radius 3 is 2.75 bits per heavy atom. The molecule has 1 amide bonds. The highest BCUT2D eigenvalue weighted by Gasteiger charge is 2.34. The van der Waals surface area contributed by atoms with Crippen molar-refractivity contribution in [1.82, 2.24) is 4.31 Å². The number of aliphatic hydroxyl groups excluding tert-OH is 1. The van der Waals surface area contributed by atoms with Gasteiger partial charge in [0.25, 0.3) is 0 Å². The van der Waals surface area contributed by atoms with E-state index in [1.165, 1.54) is 16.4 Å². The number of benzene rings is 1. The topological polar surface area (TPSA) is 101 Å². The van der Waals surface area contributed by atoms with Crippen molar-refractivity contribution >= 4 is 15.9 Å². The summed E-state index contributed by atoms with van der Waals surface area (Å²) in [6.07, 6.45) is -0.285. The van der Waals surface area contributed by atoms with E-state index in [2.05, 4.69) is 0 Å². The molecule has 1 aliphatic rings. The molecule has 0 bridgehead atoms. The monoisotopic (exact) mass is 298 g/mol. The maximum Gasteiger partial charge on any atom is 0.243 e. The average molecular weight is 298 g/mol. The third kappa shape index (κ3) is 2.84. The molecule has 20 heavy (non-hydrogen) atoms. The van der Waals surface area contributed by atoms with Crippen molar-refractivity contribution in [1.29, 1.82) is 0 Å². The highest BCUT2D eigenvalue weighted by molar-refractivity contribution is 7.89. The second-order valence-corrected chi connectivity index (χ2v) is 6.94. The molecule has 1 fully saturated rings. The van der Waals surface area contributed by atoms with Crippen molar-refractivity contribution < 1.29 is 18.3 Å². The SMILES string of the molecule is CC(O)c1cccc(S(=O)(=O)N2CCC(C(N)=O)C2)c1. The summed E-state index contributed by atoms with van der Waals surface area (Å²) in [7, 11) is -3.65. The third-order valence-corrected chi connectivity index (χ3v) is 5.39. The fourth-order valence-electron chi connectivity index (χ4n) is 2.26. The molecule has 0 radical (unpaired) electrons. The first kappa shape index (κ1) is 15.0. The molecule has 1 aliphatic heterocycles. The van der Waals surface area contributed by atoms with Crippen LogP contribution in [-0.4, -0.2) is 36.8 Å². The smallest absolute Gasteiger partial charge is 0.243 e. The molecule has 1 aromatic rings. The molecule has 3 N–H and O–H groups in total. The van der Waals surface area contributed by atoms with E-state index in [9.17, 15) is 18.3 Å². The second kappa shape index (κ2) is 5.51. The number of hydrogen-bond donors (Lipinski definition) is 2. The number of primary amides is 1. The standard InChI is InChI=1S/C13H18N2O4S/c1-9(16)10-3-2-4-12(7-10)20(18,19)15-6-5-11(8-15)13(14)17/h2-4,7,9,11,16H,5-6,8H2,1H3,(H2,14,17). The largest absolute Gasteiger partial charge is 0.389 e. The summed E-state index contributed by atoms with van der Waals surface area (Å²) in [4.78, 5) is 11.2. The molecule has 0 aromatic heterocycles. The maximum atomic E-state index is 12.5. The number of carbonyl (C=O) groups excluding carboxylic acids is 1. The van der Waals surface area contributed by atoms with Crippen LogP contribution in [-0.2, 0) is 14.8 Å². The Balaban J connectivity index is 2.27. The zero-order valence-electron chi connectivity index (χ0n) is 11.2. The Morgan fingerprint density at radius 2 is 2.20 bits per heavy atom. The minimum Gasteiger partial charge on any atom is -0.389 e. The van der Waals surface area contributed by atoms with Crippen LogP contribution in [0.5, 0.6) is 0 Å². The zero-order valence-corrected chi connectivity index (χ0v) is 12.0. The van der Waals surface area contributed by atoms with E-state index >= 15 is 0 Å². The molecule has 7 heteroatoms. The summed E-state index contributed by atoms with van der Waals surface area (Å²) < 4.78 is 26.2. The van der Waals surface area contributed by atoms with Crippen LogP contribution in [0.2, 0.25) is 0 Å². The highest BCUT2D eigenvalue weighted by Crippen LogP contribution is 2.25. The van der Waals surface area contributed by atoms with Gasteiger partial charge in [-0.15, -0.1) is 0 Å². The number of carbonyl (C=O) groups is 1. The van der Waals surface area contributed by atoms with Crippen LogP contribution in [0.3, 0.4) is 0 Å². The lowest BCUT2D eigenvalue weighted by molar-refractivity contribution is -0.121. The molecule has 1 saturated heterocycles. The summed E-state index contributed by atoms with van der Waals surface area (Å²) >= 11 is 0. The molecular weight excluding hydrogens is 280 g/mol. The number of aliphatic hydroxyl groups is 1. The predicted molar refractivity (Wildman–Crippen MR) is 73.1 cm³/mol. The third-order valence-electron chi connectivity index (χ3n) is 3.53. The molecule has 2 unspecified atom stereocenters. The van der Waals surface area contributed by atoms with Crippen LogP contribution in [0, 0.1) is 5.92 Å². The van der Waals surface area contributed by atoms with Gasteiger partial charge in [-0.3, -0.25) is 4.79 Å². The number of nitrogens with zero attached hydrogens (tertiary/aromatic N) is 1. The molecular formula is C13H18N2O4S. The molecule has 2 atom stereocenters. The summed E-state index contributed by atoms with van der Waals surface area (Å²) in [6, 6.07) is 6.20. The average Bonchev–Trinajstić information content (AvgIpc) is 2.89. The lowest BCUT2D eigenvalue weighted by Crippen LogP contribution is -2.31. The Labute approximate surface area is 118 Å². The number of nitrogens with two attached hydrogens (primary N) is 1. The normalized spacial score (nSPS) is 21.8. The van der Waals surface area contributed by atoms with Gasteiger partial charge in [0, 0.05) is 13.1 Å². The maximum absolute atomic E-state index is 12.5. The molecule has 6 nitrogen and oxygen atoms in total. The van der Waals surface area contributed by atoms with E-state index < -0.39 is 28.0 Å². The van der Waals surface area contributed by atoms with Gasteiger partial charge in [-0.1, -0.05) is 12.1 Å². The van der Waals surface area contributed by atoms with Crippen LogP contribution < -0.4 is 5.73 Å². The van der Waals surface area contributed by atoms with Gasteiger partial charge in [0.1, 0.15) is 0 Å². The van der Waals surface area contributed by atoms with E-state index in [0.29, 0.717) is 12.0 Å². The predicted octanol–water partition coefficient (Wildman–Crippen LogP) is 0.236. The first-order valence-electron chi connectivity index (χ1n) is 6.40. The minimum atomic E-state index is -3.65. The Morgan fingerprint density at radius 1 is 1.50 bits per heavy atom. The summed E-state index contributed by atoms with van der Waals surface area (Å²) in [5.74, 6) is -0.898. The van der Waals surface area contributed by atoms with Gasteiger partial charge in [0.05, 0.1) is 16.9 Å². The number of amides is 1. The minimum absolute atomic E-state index is 0.122. The van der Waals surface area contributed by atoms with Crippen LogP contribution in [0.15, 0.2) is 29.2 Å². The van der Waals surface area contributed by atoms with E-state index in [1.807, 2.05) is 0 Å². The first-order valence-corrected chi connectivity index (χ1v) is 7.84. The van der Waals surface area contributed by atoms with Gasteiger partial charge >= 0.3 is 0 Å². The van der Waals surface area contributed by atoms with Crippen molar-refractivity contribution in [3.8, 4) is 0 Å². The number of sulfonamides is 1. The lowest BCUT2D eigenvalue weighted by Gasteiger charge is -2.17. The Bertz CT molecular complexity index is 613. The summed E-state index contributed by atoms with van der Waals surface area (Å²) in [5.41, 5.74) is 5.75. The van der Waals surface area contributed by atoms with Gasteiger partial charge in [-0.2, -0.15) is 4.31 Å². The van der Waals surface area contributed by atoms with Crippen LogP contribution >= 0.6 is 0 Å². The summed E-state index contributed by atoms with van der Waals surface area (Å²) in [5, 5.41) is 9.52. The zero-order chi connectivity index (χ0) is 14.9. The quantitative estimate of drug-likeness (QED) is 0.831. The van der Waals surface area contributed by atoms with Crippen molar-refractivity contribution in [2.24, 2.45) is 11.7 Å². The Kier molecular flexibility index (Phi) is 4.12. The number of rotatable bonds is 4. The van der Waals surface area contributed by atoms with Gasteiger partial charge in [-0.05, 0) is 31.0 Å². The van der Waals surface area contributed by atoms with Gasteiger partial charge < -0.3 is 10.8 Å². The molecule has 0 aliphatic carbocycles. The molecule has 1 heterocycles. The van der Waals surface area contributed by atoms with Crippen molar-refractivity contribution in [3.63, 3.8) is 0 Å². The van der Waals surface area contributed by atoms with Crippen LogP contribution in [0.25, 0.3) is 0 Å². The fourth-order valence-corrected chi connectivity index (χ4v) is 3.82. The van der Waals surface area contributed by atoms with Crippen molar-refractivity contribution in [3.05, 3.63) is 29.8 Å². The van der Waals surface area contributed by atoms with Gasteiger partial charge in [-0.25, -0.2) is 8.42 Å². The molecule has 110 valence electrons. The lowest BCUT2D eigenvalue weighted by atomic mass is 10.1. The Hall–Kier alpha value is -1.44. The van der Waals surface area contributed by atoms with E-state index in [-0.39, 0.29) is 18.0 Å². The van der Waals surface area contributed by atoms with E-state index in [4.69, 9.17) is 5.73 Å². The van der Waals surface area contributed by atoms with Gasteiger partial charge in [0.2, 0.25) is 15.9 Å². The molecule has 0 spiro atoms.